The lowest BCUT2D eigenvalue weighted by Crippen LogP contribution is -2.43. The molecule has 2 aromatic rings. The number of rotatable bonds is 7. The summed E-state index contributed by atoms with van der Waals surface area (Å²) in [7, 11) is 0. The van der Waals surface area contributed by atoms with Crippen molar-refractivity contribution in [3.63, 3.8) is 0 Å². The lowest BCUT2D eigenvalue weighted by molar-refractivity contribution is -0.112. The van der Waals surface area contributed by atoms with Gasteiger partial charge in [0.1, 0.15) is 11.6 Å². The van der Waals surface area contributed by atoms with Crippen molar-refractivity contribution in [1.29, 1.82) is 0 Å². The predicted molar refractivity (Wildman–Crippen MR) is 126 cm³/mol. The van der Waals surface area contributed by atoms with E-state index in [2.05, 4.69) is 35.8 Å². The molecule has 1 aliphatic carbocycles. The zero-order chi connectivity index (χ0) is 22.5. The maximum atomic E-state index is 11.6. The molecular formula is C23H31N7O2. The monoisotopic (exact) mass is 437 g/mol. The van der Waals surface area contributed by atoms with Crippen LogP contribution in [0, 0.1) is 0 Å². The number of aliphatic hydroxyl groups is 1. The van der Waals surface area contributed by atoms with E-state index < -0.39 is 0 Å². The summed E-state index contributed by atoms with van der Waals surface area (Å²) in [6, 6.07) is 4.11. The van der Waals surface area contributed by atoms with Gasteiger partial charge in [-0.15, -0.1) is 0 Å². The highest BCUT2D eigenvalue weighted by Gasteiger charge is 2.24. The Morgan fingerprint density at radius 2 is 2.00 bits per heavy atom. The first kappa shape index (κ1) is 22.2. The molecule has 4 rings (SSSR count). The van der Waals surface area contributed by atoms with E-state index in [1.165, 1.54) is 6.92 Å². The van der Waals surface area contributed by atoms with Gasteiger partial charge in [0.15, 0.2) is 5.78 Å². The van der Waals surface area contributed by atoms with Gasteiger partial charge in [-0.05, 0) is 56.9 Å². The number of nitrogens with zero attached hydrogens (tertiary/aromatic N) is 4. The maximum Gasteiger partial charge on any atom is 0.230 e. The molecule has 2 fully saturated rings. The molecule has 0 spiro atoms. The summed E-state index contributed by atoms with van der Waals surface area (Å²) in [5.74, 6) is 1.71. The van der Waals surface area contributed by atoms with Gasteiger partial charge in [0, 0.05) is 44.0 Å². The van der Waals surface area contributed by atoms with Gasteiger partial charge in [-0.25, -0.2) is 9.97 Å². The third-order valence-electron chi connectivity index (χ3n) is 5.85. The molecule has 9 nitrogen and oxygen atoms in total. The highest BCUT2D eigenvalue weighted by Crippen LogP contribution is 2.28. The minimum Gasteiger partial charge on any atom is -0.393 e. The highest BCUT2D eigenvalue weighted by atomic mass is 16.3. The van der Waals surface area contributed by atoms with E-state index in [0.717, 1.165) is 55.8 Å². The number of carbonyl (C=O) groups excluding carboxylic acids is 1. The first-order valence-electron chi connectivity index (χ1n) is 11.2. The van der Waals surface area contributed by atoms with Crippen molar-refractivity contribution in [3.8, 4) is 0 Å². The van der Waals surface area contributed by atoms with Crippen LogP contribution in [0.15, 0.2) is 30.6 Å². The Balaban J connectivity index is 1.53. The quantitative estimate of drug-likeness (QED) is 0.484. The number of hydrogen-bond acceptors (Lipinski definition) is 9. The van der Waals surface area contributed by atoms with Crippen LogP contribution in [0.3, 0.4) is 0 Å². The van der Waals surface area contributed by atoms with Crippen LogP contribution in [0.5, 0.6) is 0 Å². The van der Waals surface area contributed by atoms with Crippen LogP contribution in [0.25, 0.3) is 5.57 Å². The van der Waals surface area contributed by atoms with E-state index in [1.807, 2.05) is 25.3 Å². The average Bonchev–Trinajstić information content (AvgIpc) is 3.19. The number of pyridine rings is 1. The van der Waals surface area contributed by atoms with Crippen LogP contribution >= 0.6 is 0 Å². The Bertz CT molecular complexity index is 971. The zero-order valence-corrected chi connectivity index (χ0v) is 18.6. The van der Waals surface area contributed by atoms with Crippen LogP contribution in [0.1, 0.15) is 38.7 Å². The summed E-state index contributed by atoms with van der Waals surface area (Å²) in [6.45, 7) is 7.29. The molecular weight excluding hydrogens is 406 g/mol. The van der Waals surface area contributed by atoms with Gasteiger partial charge in [-0.3, -0.25) is 4.79 Å². The number of allylic oxidation sites excluding steroid dienone is 2. The lowest BCUT2D eigenvalue weighted by atomic mass is 10.1. The highest BCUT2D eigenvalue weighted by molar-refractivity contribution is 5.95. The summed E-state index contributed by atoms with van der Waals surface area (Å²) >= 11 is 0. The lowest BCUT2D eigenvalue weighted by Gasteiger charge is -2.29. The SMILES string of the molecule is CC(=O)C=C(C)c1cnc(Nc2ccc(N3CCNCC3)cn2)nc1NC1CCC(O)C1. The van der Waals surface area contributed by atoms with Crippen LogP contribution in [0.4, 0.5) is 23.3 Å². The number of hydrogen-bond donors (Lipinski definition) is 4. The summed E-state index contributed by atoms with van der Waals surface area (Å²) in [6.07, 6.45) is 7.19. The number of ketones is 1. The van der Waals surface area contributed by atoms with Gasteiger partial charge in [0.05, 0.1) is 18.0 Å². The molecule has 3 heterocycles. The van der Waals surface area contributed by atoms with Crippen LogP contribution in [-0.2, 0) is 4.79 Å². The second kappa shape index (κ2) is 10.1. The molecule has 2 unspecified atom stereocenters. The fraction of sp³-hybridized carbons (Fsp3) is 0.478. The molecule has 0 aromatic carbocycles. The Morgan fingerprint density at radius 3 is 2.66 bits per heavy atom. The van der Waals surface area contributed by atoms with E-state index in [4.69, 9.17) is 0 Å². The van der Waals surface area contributed by atoms with Crippen molar-refractivity contribution >= 4 is 34.6 Å². The molecule has 2 atom stereocenters. The van der Waals surface area contributed by atoms with Crippen LogP contribution < -0.4 is 20.9 Å². The Morgan fingerprint density at radius 1 is 1.19 bits per heavy atom. The van der Waals surface area contributed by atoms with Gasteiger partial charge in [-0.2, -0.15) is 4.98 Å². The van der Waals surface area contributed by atoms with Crippen molar-refractivity contribution in [1.82, 2.24) is 20.3 Å². The third kappa shape index (κ3) is 5.60. The number of aromatic nitrogens is 3. The zero-order valence-electron chi connectivity index (χ0n) is 18.6. The second-order valence-corrected chi connectivity index (χ2v) is 8.47. The van der Waals surface area contributed by atoms with E-state index in [0.29, 0.717) is 24.0 Å². The largest absolute Gasteiger partial charge is 0.393 e. The minimum atomic E-state index is -0.289. The van der Waals surface area contributed by atoms with Crippen LogP contribution in [0.2, 0.25) is 0 Å². The van der Waals surface area contributed by atoms with E-state index in [9.17, 15) is 9.90 Å². The van der Waals surface area contributed by atoms with E-state index in [-0.39, 0.29) is 17.9 Å². The molecule has 2 aliphatic rings. The number of aliphatic hydroxyl groups excluding tert-OH is 1. The van der Waals surface area contributed by atoms with E-state index in [1.54, 1.807) is 12.3 Å². The van der Waals surface area contributed by atoms with E-state index >= 15 is 0 Å². The molecule has 9 heteroatoms. The average molecular weight is 438 g/mol. The van der Waals surface area contributed by atoms with Gasteiger partial charge in [0.2, 0.25) is 5.95 Å². The first-order chi connectivity index (χ1) is 15.5. The van der Waals surface area contributed by atoms with Crippen LogP contribution in [-0.4, -0.2) is 64.2 Å². The molecule has 170 valence electrons. The summed E-state index contributed by atoms with van der Waals surface area (Å²) < 4.78 is 0. The van der Waals surface area contributed by atoms with Gasteiger partial charge in [0.25, 0.3) is 0 Å². The maximum absolute atomic E-state index is 11.6. The summed E-state index contributed by atoms with van der Waals surface area (Å²) in [4.78, 5) is 27.5. The summed E-state index contributed by atoms with van der Waals surface area (Å²) in [5.41, 5.74) is 2.67. The molecule has 1 saturated carbocycles. The fourth-order valence-corrected chi connectivity index (χ4v) is 4.19. The molecule has 1 aliphatic heterocycles. The predicted octanol–water partition coefficient (Wildman–Crippen LogP) is 2.34. The van der Waals surface area contributed by atoms with Crippen molar-refractivity contribution in [2.45, 2.75) is 45.3 Å². The number of nitrogens with one attached hydrogen (secondary N) is 3. The van der Waals surface area contributed by atoms with Crippen molar-refractivity contribution in [3.05, 3.63) is 36.2 Å². The first-order valence-corrected chi connectivity index (χ1v) is 11.2. The number of piperazine rings is 1. The van der Waals surface area contributed by atoms with Gasteiger partial charge >= 0.3 is 0 Å². The molecule has 0 bridgehead atoms. The molecule has 4 N–H and O–H groups in total. The molecule has 1 saturated heterocycles. The van der Waals surface area contributed by atoms with Gasteiger partial charge < -0.3 is 26.0 Å². The van der Waals surface area contributed by atoms with Crippen molar-refractivity contribution in [2.24, 2.45) is 0 Å². The van der Waals surface area contributed by atoms with Crippen molar-refractivity contribution in [2.75, 3.05) is 41.7 Å². The smallest absolute Gasteiger partial charge is 0.230 e. The standard InChI is InChI=1S/C23H31N7O2/c1-15(11-16(2)31)20-14-26-23(29-22(20)27-17-3-5-19(32)12-17)28-21-6-4-18(13-25-21)30-9-7-24-8-10-30/h4,6,11,13-14,17,19,24,32H,3,5,7-10,12H2,1-2H3,(H2,25,26,27,28,29). The summed E-state index contributed by atoms with van der Waals surface area (Å²) in [5, 5.41) is 19.8. The number of anilines is 4. The topological polar surface area (TPSA) is 115 Å². The second-order valence-electron chi connectivity index (χ2n) is 8.47. The fourth-order valence-electron chi connectivity index (χ4n) is 4.19. The normalized spacial score (nSPS) is 21.5. The Labute approximate surface area is 188 Å². The van der Waals surface area contributed by atoms with Gasteiger partial charge in [-0.1, -0.05) is 0 Å². The van der Waals surface area contributed by atoms with Crippen molar-refractivity contribution < 1.29 is 9.90 Å². The molecule has 32 heavy (non-hydrogen) atoms. The minimum absolute atomic E-state index is 0.0271. The molecule has 0 amide bonds. The number of carbonyl (C=O) groups is 1. The third-order valence-corrected chi connectivity index (χ3v) is 5.85. The Kier molecular flexibility index (Phi) is 6.96. The Hall–Kier alpha value is -3.04. The molecule has 0 radical (unpaired) electrons. The molecule has 2 aromatic heterocycles.